The number of unbranched alkanes of at least 4 members (excludes halogenated alkanes) is 3. The van der Waals surface area contributed by atoms with Crippen LogP contribution in [0.25, 0.3) is 21.5 Å². The van der Waals surface area contributed by atoms with Crippen LogP contribution in [0.3, 0.4) is 0 Å². The Bertz CT molecular complexity index is 2310. The number of aliphatic hydroxyl groups excluding tert-OH is 1. The molecular formula is C55H65N3O3. The molecule has 2 bridgehead atoms. The molecule has 6 aromatic rings. The highest BCUT2D eigenvalue weighted by atomic mass is 16.5. The van der Waals surface area contributed by atoms with Gasteiger partial charge < -0.3 is 30.5 Å². The number of fused-ring (bicyclic) bond motifs is 3. The molecule has 0 saturated carbocycles. The van der Waals surface area contributed by atoms with E-state index in [9.17, 15) is 10.2 Å². The lowest BCUT2D eigenvalue weighted by Crippen LogP contribution is -2.64. The second-order valence-electron chi connectivity index (χ2n) is 17.7. The lowest BCUT2D eigenvalue weighted by molar-refractivity contribution is -0.0453. The Kier molecular flexibility index (Phi) is 13.7. The normalized spacial score (nSPS) is 23.6. The average Bonchev–Trinajstić information content (AvgIpc) is 3.68. The summed E-state index contributed by atoms with van der Waals surface area (Å²) < 4.78 is 6.09. The molecule has 6 atom stereocenters. The molecule has 0 aromatic heterocycles. The highest BCUT2D eigenvalue weighted by molar-refractivity contribution is 6.07. The molecule has 6 aromatic carbocycles. The first-order valence-electron chi connectivity index (χ1n) is 22.9. The van der Waals surface area contributed by atoms with Crippen LogP contribution >= 0.6 is 0 Å². The summed E-state index contributed by atoms with van der Waals surface area (Å²) in [5.41, 5.74) is 11.0. The summed E-state index contributed by atoms with van der Waals surface area (Å²) in [6, 6.07) is 46.9. The van der Waals surface area contributed by atoms with Gasteiger partial charge in [-0.25, -0.2) is 0 Å². The number of likely N-dealkylation sites (tertiary alicyclic amines) is 1. The van der Waals surface area contributed by atoms with E-state index in [4.69, 9.17) is 10.5 Å². The minimum atomic E-state index is -0.594. The van der Waals surface area contributed by atoms with Gasteiger partial charge in [0.25, 0.3) is 0 Å². The fourth-order valence-corrected chi connectivity index (χ4v) is 10.6. The number of nitrogens with two attached hydrogens (primary N) is 1. The average molecular weight is 816 g/mol. The zero-order valence-electron chi connectivity index (χ0n) is 36.2. The number of phenols is 1. The molecule has 3 aliphatic heterocycles. The predicted molar refractivity (Wildman–Crippen MR) is 254 cm³/mol. The molecular weight excluding hydrogens is 751 g/mol. The number of rotatable bonds is 7. The van der Waals surface area contributed by atoms with Crippen LogP contribution in [-0.4, -0.2) is 60.0 Å². The van der Waals surface area contributed by atoms with Crippen LogP contribution in [0.1, 0.15) is 87.4 Å². The monoisotopic (exact) mass is 816 g/mol. The molecule has 4 N–H and O–H groups in total. The van der Waals surface area contributed by atoms with Crippen molar-refractivity contribution in [3.8, 4) is 11.5 Å². The molecule has 11 rings (SSSR count). The Labute approximate surface area is 363 Å². The maximum absolute atomic E-state index is 10.4. The van der Waals surface area contributed by atoms with Gasteiger partial charge in [0.15, 0.2) is 11.5 Å². The number of para-hydroxylation sites is 1. The quantitative estimate of drug-likeness (QED) is 0.0846. The smallest absolute Gasteiger partial charge is 0.165 e. The number of ether oxygens (including phenoxy) is 1. The van der Waals surface area contributed by atoms with Gasteiger partial charge in [-0.1, -0.05) is 160 Å². The third kappa shape index (κ3) is 9.09. The first-order valence-corrected chi connectivity index (χ1v) is 22.9. The van der Waals surface area contributed by atoms with Crippen LogP contribution in [0.15, 0.2) is 146 Å². The maximum atomic E-state index is 10.4. The summed E-state index contributed by atoms with van der Waals surface area (Å²) in [6.45, 7) is 5.72. The van der Waals surface area contributed by atoms with E-state index in [1.807, 2.05) is 18.2 Å². The van der Waals surface area contributed by atoms with Crippen molar-refractivity contribution in [2.45, 2.75) is 101 Å². The van der Waals surface area contributed by atoms with Crippen molar-refractivity contribution < 1.29 is 14.9 Å². The molecule has 1 spiro atoms. The van der Waals surface area contributed by atoms with Gasteiger partial charge in [0, 0.05) is 47.8 Å². The molecule has 5 aliphatic rings. The lowest BCUT2D eigenvalue weighted by atomic mass is 9.53. The number of aliphatic hydroxyl groups is 1. The summed E-state index contributed by atoms with van der Waals surface area (Å²) in [6.07, 6.45) is 15.6. The third-order valence-corrected chi connectivity index (χ3v) is 13.9. The van der Waals surface area contributed by atoms with Crippen molar-refractivity contribution in [1.29, 1.82) is 0 Å². The Hall–Kier alpha value is -5.14. The van der Waals surface area contributed by atoms with E-state index >= 15 is 0 Å². The predicted octanol–water partition coefficient (Wildman–Crippen LogP) is 11.5. The fraction of sp³-hybridized carbons (Fsp3) is 0.382. The summed E-state index contributed by atoms with van der Waals surface area (Å²) in [4.78, 5) is 4.91. The molecule has 318 valence electrons. The third-order valence-electron chi connectivity index (χ3n) is 13.9. The van der Waals surface area contributed by atoms with Crippen molar-refractivity contribution in [1.82, 2.24) is 4.90 Å². The van der Waals surface area contributed by atoms with E-state index in [1.54, 1.807) is 6.07 Å². The molecule has 3 heterocycles. The largest absolute Gasteiger partial charge is 0.504 e. The van der Waals surface area contributed by atoms with Gasteiger partial charge in [0.1, 0.15) is 12.2 Å². The standard InChI is InChI=1S/C17H19NO3.C14H10.C13H21N.C11H15N/c1-18-7-6-17-10-3-5-13(20)16(17)21-15-12(19)4-2-9(14(15)17)8-11(10)18;1-3-7-13-11(5-1)9-10-12-6-2-4-8-14(12)13;1-2-3-4-8-11-13(14)12-9-6-5-7-10-12;1-3-7-11(8-4-1)12-9-5-2-6-10-12/h2-5,10-11,13,16,19-20H,6-8H2,1H3;1-10H;5-7,9-10,13H,2-4,8,11,14H2,1H3;1,3-4,7-8H,2,5-6,9-10H2/t10-,11+,13-,16-,17-;;;/m0.../s1. The van der Waals surface area contributed by atoms with Crippen molar-refractivity contribution in [2.75, 3.05) is 31.6 Å². The molecule has 6 nitrogen and oxygen atoms in total. The zero-order chi connectivity index (χ0) is 42.2. The van der Waals surface area contributed by atoms with Gasteiger partial charge in [-0.3, -0.25) is 0 Å². The van der Waals surface area contributed by atoms with E-state index in [0.717, 1.165) is 25.8 Å². The van der Waals surface area contributed by atoms with Crippen LogP contribution in [0.5, 0.6) is 11.5 Å². The number of hydrogen-bond donors (Lipinski definition) is 3. The molecule has 0 amide bonds. The minimum Gasteiger partial charge on any atom is -0.504 e. The van der Waals surface area contributed by atoms with Crippen molar-refractivity contribution in [3.05, 3.63) is 162 Å². The second kappa shape index (κ2) is 19.7. The number of phenolic OH excluding ortho intramolecular Hbond substituents is 1. The number of piperidine rings is 2. The summed E-state index contributed by atoms with van der Waals surface area (Å²) in [5, 5.41) is 25.9. The van der Waals surface area contributed by atoms with Gasteiger partial charge in [-0.05, 0) is 103 Å². The summed E-state index contributed by atoms with van der Waals surface area (Å²) >= 11 is 0. The Morgan fingerprint density at radius 1 is 0.721 bits per heavy atom. The van der Waals surface area contributed by atoms with E-state index in [2.05, 4.69) is 145 Å². The number of hydrogen-bond acceptors (Lipinski definition) is 6. The fourth-order valence-electron chi connectivity index (χ4n) is 10.6. The highest BCUT2D eigenvalue weighted by Gasteiger charge is 2.64. The Balaban J connectivity index is 0.000000115. The molecule has 0 radical (unpaired) electrons. The Morgan fingerprint density at radius 2 is 1.36 bits per heavy atom. The number of aromatic hydroxyl groups is 1. The topological polar surface area (TPSA) is 82.2 Å². The first-order chi connectivity index (χ1) is 29.9. The number of anilines is 1. The number of likely N-dealkylation sites (N-methyl/N-ethyl adjacent to an activating group) is 1. The van der Waals surface area contributed by atoms with Crippen LogP contribution in [0.2, 0.25) is 0 Å². The van der Waals surface area contributed by atoms with E-state index < -0.39 is 6.10 Å². The van der Waals surface area contributed by atoms with Gasteiger partial charge >= 0.3 is 0 Å². The first kappa shape index (κ1) is 42.5. The molecule has 6 heteroatoms. The van der Waals surface area contributed by atoms with E-state index in [1.165, 1.54) is 102 Å². The molecule has 61 heavy (non-hydrogen) atoms. The van der Waals surface area contributed by atoms with Crippen LogP contribution in [-0.2, 0) is 11.8 Å². The number of benzene rings is 6. The SMILES string of the molecule is CCCCCCC(N)c1ccccc1.CN1CC[C@]23c4c5ccc(O)c4O[C@H]2[C@@H](O)C=C[C@H]3[C@H]1C5.c1ccc(N2CCCCC2)cc1.c1ccc2c(c1)ccc1ccccc12. The van der Waals surface area contributed by atoms with Crippen molar-refractivity contribution >= 4 is 27.2 Å². The lowest BCUT2D eigenvalue weighted by Gasteiger charge is -2.56. The second-order valence-corrected chi connectivity index (χ2v) is 17.7. The molecule has 2 saturated heterocycles. The Morgan fingerprint density at radius 3 is 2.03 bits per heavy atom. The van der Waals surface area contributed by atoms with Gasteiger partial charge in [0.05, 0.1) is 0 Å². The minimum absolute atomic E-state index is 0.160. The van der Waals surface area contributed by atoms with Crippen LogP contribution < -0.4 is 15.4 Å². The molecule has 1 unspecified atom stereocenters. The summed E-state index contributed by atoms with van der Waals surface area (Å²) in [5.74, 6) is 1.19. The summed E-state index contributed by atoms with van der Waals surface area (Å²) in [7, 11) is 2.19. The maximum Gasteiger partial charge on any atom is 0.165 e. The van der Waals surface area contributed by atoms with Gasteiger partial charge in [-0.15, -0.1) is 0 Å². The van der Waals surface area contributed by atoms with Gasteiger partial charge in [-0.2, -0.15) is 0 Å². The number of nitrogens with zero attached hydrogens (tertiary/aromatic N) is 2. The molecule has 2 fully saturated rings. The van der Waals surface area contributed by atoms with Crippen LogP contribution in [0, 0.1) is 5.92 Å². The van der Waals surface area contributed by atoms with Crippen LogP contribution in [0.4, 0.5) is 5.69 Å². The van der Waals surface area contributed by atoms with E-state index in [-0.39, 0.29) is 23.3 Å². The molecule has 2 aliphatic carbocycles. The van der Waals surface area contributed by atoms with E-state index in [0.29, 0.717) is 17.7 Å². The van der Waals surface area contributed by atoms with Crippen molar-refractivity contribution in [3.63, 3.8) is 0 Å². The highest BCUT2D eigenvalue weighted by Crippen LogP contribution is 2.62. The zero-order valence-corrected chi connectivity index (χ0v) is 36.2. The van der Waals surface area contributed by atoms with Crippen molar-refractivity contribution in [2.24, 2.45) is 11.7 Å². The van der Waals surface area contributed by atoms with Gasteiger partial charge in [0.2, 0.25) is 0 Å².